The van der Waals surface area contributed by atoms with Gasteiger partial charge in [-0.15, -0.1) is 0 Å². The number of hydrogen-bond donors (Lipinski definition) is 1. The number of methoxy groups -OCH3 is 2. The maximum atomic E-state index is 6.59. The minimum Gasteiger partial charge on any atom is -0.497 e. The van der Waals surface area contributed by atoms with E-state index in [0.29, 0.717) is 12.1 Å². The summed E-state index contributed by atoms with van der Waals surface area (Å²) in [5.74, 6) is 0.887. The molecule has 1 aromatic rings. The van der Waals surface area contributed by atoms with Gasteiger partial charge in [0.05, 0.1) is 13.7 Å². The summed E-state index contributed by atoms with van der Waals surface area (Å²) in [5.41, 5.74) is 9.17. The molecule has 0 heterocycles. The Morgan fingerprint density at radius 2 is 2.10 bits per heavy atom. The summed E-state index contributed by atoms with van der Waals surface area (Å²) < 4.78 is 10.6. The lowest BCUT2D eigenvalue weighted by Crippen LogP contribution is -2.49. The molecule has 0 spiro atoms. The van der Waals surface area contributed by atoms with E-state index in [1.165, 1.54) is 11.1 Å². The zero-order chi connectivity index (χ0) is 15.4. The Kier molecular flexibility index (Phi) is 5.62. The van der Waals surface area contributed by atoms with Crippen molar-refractivity contribution in [3.05, 3.63) is 29.3 Å². The van der Waals surface area contributed by atoms with Crippen LogP contribution in [-0.2, 0) is 11.2 Å². The van der Waals surface area contributed by atoms with Gasteiger partial charge in [-0.05, 0) is 49.9 Å². The molecule has 2 N–H and O–H groups in total. The van der Waals surface area contributed by atoms with Crippen LogP contribution in [0.25, 0.3) is 0 Å². The molecule has 1 aliphatic carbocycles. The smallest absolute Gasteiger partial charge is 0.119 e. The molecule has 4 nitrogen and oxygen atoms in total. The van der Waals surface area contributed by atoms with Crippen LogP contribution in [0.1, 0.15) is 37.4 Å². The van der Waals surface area contributed by atoms with Crippen molar-refractivity contribution in [3.8, 4) is 5.75 Å². The van der Waals surface area contributed by atoms with E-state index in [2.05, 4.69) is 30.9 Å². The first-order valence-corrected chi connectivity index (χ1v) is 7.75. The van der Waals surface area contributed by atoms with Crippen molar-refractivity contribution in [2.45, 2.75) is 44.8 Å². The van der Waals surface area contributed by atoms with Crippen molar-refractivity contribution in [1.82, 2.24) is 4.90 Å². The van der Waals surface area contributed by atoms with E-state index in [-0.39, 0.29) is 6.04 Å². The van der Waals surface area contributed by atoms with Crippen LogP contribution in [0.4, 0.5) is 0 Å². The lowest BCUT2D eigenvalue weighted by molar-refractivity contribution is 0.0768. The summed E-state index contributed by atoms with van der Waals surface area (Å²) in [7, 11) is 3.45. The van der Waals surface area contributed by atoms with Gasteiger partial charge in [0.25, 0.3) is 0 Å². The molecule has 0 aliphatic heterocycles. The molecule has 21 heavy (non-hydrogen) atoms. The normalized spacial score (nSPS) is 21.7. The predicted octanol–water partition coefficient (Wildman–Crippen LogP) is 2.37. The number of hydrogen-bond acceptors (Lipinski definition) is 4. The Balaban J connectivity index is 2.22. The fourth-order valence-corrected chi connectivity index (χ4v) is 3.30. The van der Waals surface area contributed by atoms with Crippen molar-refractivity contribution in [2.24, 2.45) is 5.73 Å². The molecule has 0 fully saturated rings. The highest BCUT2D eigenvalue weighted by molar-refractivity contribution is 5.40. The summed E-state index contributed by atoms with van der Waals surface area (Å²) in [4.78, 5) is 2.47. The van der Waals surface area contributed by atoms with Crippen LogP contribution in [0.3, 0.4) is 0 Å². The minimum atomic E-state index is 0.0307. The molecular weight excluding hydrogens is 264 g/mol. The van der Waals surface area contributed by atoms with Gasteiger partial charge in [-0.25, -0.2) is 0 Å². The first-order chi connectivity index (χ1) is 10.1. The molecule has 118 valence electrons. The van der Waals surface area contributed by atoms with Gasteiger partial charge in [0.1, 0.15) is 5.75 Å². The Labute approximate surface area is 128 Å². The fraction of sp³-hybridized carbons (Fsp3) is 0.647. The molecule has 4 heteroatoms. The second-order valence-electron chi connectivity index (χ2n) is 6.02. The van der Waals surface area contributed by atoms with Gasteiger partial charge in [0, 0.05) is 31.8 Å². The molecule has 0 radical (unpaired) electrons. The number of nitrogens with zero attached hydrogens (tertiary/aromatic N) is 1. The maximum absolute atomic E-state index is 6.59. The third-order valence-electron chi connectivity index (χ3n) is 4.48. The number of nitrogens with two attached hydrogens (primary N) is 1. The Bertz CT molecular complexity index is 462. The highest BCUT2D eigenvalue weighted by atomic mass is 16.5. The lowest BCUT2D eigenvalue weighted by Gasteiger charge is -2.41. The molecule has 0 amide bonds. The quantitative estimate of drug-likeness (QED) is 0.874. The molecule has 0 saturated carbocycles. The van der Waals surface area contributed by atoms with E-state index < -0.39 is 0 Å². The number of benzene rings is 1. The topological polar surface area (TPSA) is 47.7 Å². The Hall–Kier alpha value is -1.10. The van der Waals surface area contributed by atoms with Crippen molar-refractivity contribution >= 4 is 0 Å². The average molecular weight is 292 g/mol. The van der Waals surface area contributed by atoms with Crippen molar-refractivity contribution in [1.29, 1.82) is 0 Å². The van der Waals surface area contributed by atoms with Crippen LogP contribution >= 0.6 is 0 Å². The van der Waals surface area contributed by atoms with E-state index in [0.717, 1.165) is 31.7 Å². The highest BCUT2D eigenvalue weighted by Gasteiger charge is 2.32. The van der Waals surface area contributed by atoms with Gasteiger partial charge < -0.3 is 15.2 Å². The summed E-state index contributed by atoms with van der Waals surface area (Å²) in [6.45, 7) is 6.12. The molecule has 1 aromatic carbocycles. The second-order valence-corrected chi connectivity index (χ2v) is 6.02. The van der Waals surface area contributed by atoms with Gasteiger partial charge in [-0.2, -0.15) is 0 Å². The van der Waals surface area contributed by atoms with Crippen LogP contribution in [-0.4, -0.2) is 44.4 Å². The van der Waals surface area contributed by atoms with Crippen LogP contribution in [0.5, 0.6) is 5.75 Å². The second kappa shape index (κ2) is 7.25. The Morgan fingerprint density at radius 3 is 2.71 bits per heavy atom. The Morgan fingerprint density at radius 1 is 1.33 bits per heavy atom. The van der Waals surface area contributed by atoms with E-state index in [9.17, 15) is 0 Å². The third kappa shape index (κ3) is 3.57. The number of rotatable bonds is 6. The van der Waals surface area contributed by atoms with Crippen LogP contribution in [0.15, 0.2) is 18.2 Å². The van der Waals surface area contributed by atoms with Crippen molar-refractivity contribution in [3.63, 3.8) is 0 Å². The molecule has 2 atom stereocenters. The molecular formula is C17H28N2O2. The largest absolute Gasteiger partial charge is 0.497 e. The van der Waals surface area contributed by atoms with Crippen LogP contribution < -0.4 is 10.5 Å². The van der Waals surface area contributed by atoms with E-state index in [1.807, 2.05) is 6.07 Å². The van der Waals surface area contributed by atoms with Crippen LogP contribution in [0, 0.1) is 0 Å². The van der Waals surface area contributed by atoms with Crippen LogP contribution in [0.2, 0.25) is 0 Å². The molecule has 1 aliphatic rings. The molecule has 2 rings (SSSR count). The van der Waals surface area contributed by atoms with E-state index >= 15 is 0 Å². The van der Waals surface area contributed by atoms with Gasteiger partial charge >= 0.3 is 0 Å². The summed E-state index contributed by atoms with van der Waals surface area (Å²) in [6, 6.07) is 7.13. The number of fused-ring (bicyclic) bond motifs is 1. The van der Waals surface area contributed by atoms with E-state index in [4.69, 9.17) is 15.2 Å². The van der Waals surface area contributed by atoms with Gasteiger partial charge in [-0.3, -0.25) is 4.90 Å². The fourth-order valence-electron chi connectivity index (χ4n) is 3.30. The summed E-state index contributed by atoms with van der Waals surface area (Å²) in [6.07, 6.45) is 2.18. The zero-order valence-corrected chi connectivity index (χ0v) is 13.6. The number of ether oxygens (including phenoxy) is 2. The molecule has 0 aromatic heterocycles. The van der Waals surface area contributed by atoms with Crippen molar-refractivity contribution in [2.75, 3.05) is 27.4 Å². The summed E-state index contributed by atoms with van der Waals surface area (Å²) in [5, 5.41) is 0. The number of aryl methyl sites for hydroxylation is 1. The first-order valence-electron chi connectivity index (χ1n) is 7.75. The SMILES string of the molecule is COCCN(C(C)C)C1CCc2ccc(OC)cc2C1N. The zero-order valence-electron chi connectivity index (χ0n) is 13.6. The lowest BCUT2D eigenvalue weighted by atomic mass is 9.83. The third-order valence-corrected chi connectivity index (χ3v) is 4.48. The molecule has 2 unspecified atom stereocenters. The molecule has 0 saturated heterocycles. The first kappa shape index (κ1) is 16.3. The van der Waals surface area contributed by atoms with Gasteiger partial charge in [-0.1, -0.05) is 6.07 Å². The van der Waals surface area contributed by atoms with Gasteiger partial charge in [0.2, 0.25) is 0 Å². The average Bonchev–Trinajstić information content (AvgIpc) is 2.49. The summed E-state index contributed by atoms with van der Waals surface area (Å²) >= 11 is 0. The highest BCUT2D eigenvalue weighted by Crippen LogP contribution is 2.34. The van der Waals surface area contributed by atoms with E-state index in [1.54, 1.807) is 14.2 Å². The molecule has 0 bridgehead atoms. The monoisotopic (exact) mass is 292 g/mol. The van der Waals surface area contributed by atoms with Gasteiger partial charge in [0.15, 0.2) is 0 Å². The van der Waals surface area contributed by atoms with Crippen molar-refractivity contribution < 1.29 is 9.47 Å². The minimum absolute atomic E-state index is 0.0307. The maximum Gasteiger partial charge on any atom is 0.119 e. The standard InChI is InChI=1S/C17H28N2O2/c1-12(2)19(9-10-20-3)16-8-6-13-5-7-14(21-4)11-15(13)17(16)18/h5,7,11-12,16-17H,6,8-10,18H2,1-4H3. The predicted molar refractivity (Wildman–Crippen MR) is 85.7 cm³/mol.